The van der Waals surface area contributed by atoms with Crippen LogP contribution in [0.2, 0.25) is 0 Å². The molecule has 2 aromatic carbocycles. The zero-order chi connectivity index (χ0) is 24.9. The number of alkyl halides is 1. The SMILES string of the molecule is CCCCCCCCc1ccc(-c2ccc(C3CCC(OC(=O)[C@@H](F)CCCC)CC3)cc2)cc1. The lowest BCUT2D eigenvalue weighted by Gasteiger charge is -2.29. The van der Waals surface area contributed by atoms with Gasteiger partial charge in [0, 0.05) is 0 Å². The number of rotatable bonds is 14. The van der Waals surface area contributed by atoms with Crippen LogP contribution in [0.4, 0.5) is 4.39 Å². The molecule has 1 fully saturated rings. The summed E-state index contributed by atoms with van der Waals surface area (Å²) >= 11 is 0. The molecule has 0 radical (unpaired) electrons. The highest BCUT2D eigenvalue weighted by Crippen LogP contribution is 2.35. The number of carbonyl (C=O) groups is 1. The molecule has 1 aliphatic carbocycles. The van der Waals surface area contributed by atoms with Crippen LogP contribution < -0.4 is 0 Å². The smallest absolute Gasteiger partial charge is 0.340 e. The molecule has 0 N–H and O–H groups in total. The van der Waals surface area contributed by atoms with Gasteiger partial charge in [-0.05, 0) is 73.1 Å². The third-order valence-electron chi connectivity index (χ3n) is 7.51. The van der Waals surface area contributed by atoms with Crippen molar-refractivity contribution in [3.05, 3.63) is 59.7 Å². The summed E-state index contributed by atoms with van der Waals surface area (Å²) in [6.45, 7) is 4.26. The van der Waals surface area contributed by atoms with E-state index in [1.807, 2.05) is 6.92 Å². The van der Waals surface area contributed by atoms with Crippen LogP contribution in [0.25, 0.3) is 11.1 Å². The zero-order valence-electron chi connectivity index (χ0n) is 21.9. The molecule has 0 amide bonds. The minimum Gasteiger partial charge on any atom is -0.460 e. The topological polar surface area (TPSA) is 26.3 Å². The molecular weight excluding hydrogens is 435 g/mol. The van der Waals surface area contributed by atoms with Gasteiger partial charge in [0.05, 0.1) is 0 Å². The summed E-state index contributed by atoms with van der Waals surface area (Å²) in [5.41, 5.74) is 5.30. The van der Waals surface area contributed by atoms with Crippen molar-refractivity contribution in [3.63, 3.8) is 0 Å². The summed E-state index contributed by atoms with van der Waals surface area (Å²) in [7, 11) is 0. The first-order chi connectivity index (χ1) is 17.1. The molecule has 3 heteroatoms. The van der Waals surface area contributed by atoms with Crippen LogP contribution in [0, 0.1) is 0 Å². The number of halogens is 1. The van der Waals surface area contributed by atoms with E-state index in [-0.39, 0.29) is 12.5 Å². The Balaban J connectivity index is 1.42. The van der Waals surface area contributed by atoms with Gasteiger partial charge < -0.3 is 4.74 Å². The number of unbranched alkanes of at least 4 members (excludes halogenated alkanes) is 6. The first kappa shape index (κ1) is 27.4. The highest BCUT2D eigenvalue weighted by atomic mass is 19.1. The molecular formula is C32H45FO2. The second kappa shape index (κ2) is 15.1. The monoisotopic (exact) mass is 480 g/mol. The average molecular weight is 481 g/mol. The minimum atomic E-state index is -1.47. The largest absolute Gasteiger partial charge is 0.460 e. The number of carbonyl (C=O) groups excluding carboxylic acids is 1. The maximum absolute atomic E-state index is 13.9. The molecule has 0 unspecified atom stereocenters. The molecule has 0 aliphatic heterocycles. The van der Waals surface area contributed by atoms with Crippen molar-refractivity contribution in [3.8, 4) is 11.1 Å². The number of benzene rings is 2. The van der Waals surface area contributed by atoms with E-state index in [1.54, 1.807) is 0 Å². The molecule has 2 aromatic rings. The van der Waals surface area contributed by atoms with E-state index in [0.717, 1.165) is 38.5 Å². The Morgan fingerprint density at radius 2 is 1.37 bits per heavy atom. The van der Waals surface area contributed by atoms with Gasteiger partial charge in [-0.15, -0.1) is 0 Å². The molecule has 3 rings (SSSR count). The van der Waals surface area contributed by atoms with Crippen molar-refractivity contribution in [1.29, 1.82) is 0 Å². The summed E-state index contributed by atoms with van der Waals surface area (Å²) in [5, 5.41) is 0. The molecule has 2 nitrogen and oxygen atoms in total. The third-order valence-corrected chi connectivity index (χ3v) is 7.51. The molecule has 1 aliphatic rings. The van der Waals surface area contributed by atoms with Gasteiger partial charge in [0.15, 0.2) is 6.17 Å². The Morgan fingerprint density at radius 3 is 2.00 bits per heavy atom. The Hall–Kier alpha value is -2.16. The predicted molar refractivity (Wildman–Crippen MR) is 144 cm³/mol. The van der Waals surface area contributed by atoms with E-state index in [1.165, 1.54) is 67.2 Å². The number of ether oxygens (including phenoxy) is 1. The van der Waals surface area contributed by atoms with Gasteiger partial charge in [-0.2, -0.15) is 0 Å². The number of esters is 1. The Kier molecular flexibility index (Phi) is 11.8. The van der Waals surface area contributed by atoms with Gasteiger partial charge >= 0.3 is 5.97 Å². The molecule has 1 saturated carbocycles. The van der Waals surface area contributed by atoms with Crippen molar-refractivity contribution >= 4 is 5.97 Å². The molecule has 192 valence electrons. The lowest BCUT2D eigenvalue weighted by Crippen LogP contribution is -2.28. The van der Waals surface area contributed by atoms with E-state index in [9.17, 15) is 9.18 Å². The molecule has 0 saturated heterocycles. The molecule has 0 heterocycles. The van der Waals surface area contributed by atoms with Crippen molar-refractivity contribution < 1.29 is 13.9 Å². The van der Waals surface area contributed by atoms with Gasteiger partial charge in [0.2, 0.25) is 0 Å². The quantitative estimate of drug-likeness (QED) is 0.199. The molecule has 1 atom stereocenters. The van der Waals surface area contributed by atoms with E-state index >= 15 is 0 Å². The Labute approximate surface area is 212 Å². The normalized spacial score (nSPS) is 18.8. The highest BCUT2D eigenvalue weighted by molar-refractivity contribution is 5.74. The van der Waals surface area contributed by atoms with Gasteiger partial charge in [-0.1, -0.05) is 107 Å². The number of hydrogen-bond acceptors (Lipinski definition) is 2. The fourth-order valence-corrected chi connectivity index (χ4v) is 5.17. The molecule has 0 spiro atoms. The predicted octanol–water partition coefficient (Wildman–Crippen LogP) is 9.35. The summed E-state index contributed by atoms with van der Waals surface area (Å²) in [5.74, 6) is -0.177. The fraction of sp³-hybridized carbons (Fsp3) is 0.594. The van der Waals surface area contributed by atoms with Crippen LogP contribution in [-0.2, 0) is 16.0 Å². The van der Waals surface area contributed by atoms with Crippen LogP contribution in [0.15, 0.2) is 48.5 Å². The van der Waals surface area contributed by atoms with Gasteiger partial charge in [0.1, 0.15) is 6.10 Å². The lowest BCUT2D eigenvalue weighted by molar-refractivity contribution is -0.157. The summed E-state index contributed by atoms with van der Waals surface area (Å²) in [4.78, 5) is 12.0. The Morgan fingerprint density at radius 1 is 0.800 bits per heavy atom. The van der Waals surface area contributed by atoms with Crippen molar-refractivity contribution in [2.45, 2.75) is 122 Å². The van der Waals surface area contributed by atoms with Gasteiger partial charge in [-0.25, -0.2) is 9.18 Å². The minimum absolute atomic E-state index is 0.132. The standard InChI is InChI=1S/C32H45FO2/c1-3-5-7-8-9-10-11-25-13-15-26(16-14-25)27-17-19-28(20-18-27)29-21-23-30(24-22-29)35-32(34)31(33)12-6-4-2/h13-20,29-31H,3-12,21-24H2,1-2H3/t29?,30?,31-/m0/s1. The average Bonchev–Trinajstić information content (AvgIpc) is 2.90. The van der Waals surface area contributed by atoms with Crippen molar-refractivity contribution in [1.82, 2.24) is 0 Å². The second-order valence-electron chi connectivity index (χ2n) is 10.4. The Bertz CT molecular complexity index is 850. The summed E-state index contributed by atoms with van der Waals surface area (Å²) in [6, 6.07) is 18.0. The van der Waals surface area contributed by atoms with E-state index in [0.29, 0.717) is 5.92 Å². The summed E-state index contributed by atoms with van der Waals surface area (Å²) in [6.07, 6.45) is 13.1. The van der Waals surface area contributed by atoms with Crippen LogP contribution >= 0.6 is 0 Å². The fourth-order valence-electron chi connectivity index (χ4n) is 5.17. The van der Waals surface area contributed by atoms with E-state index < -0.39 is 12.1 Å². The number of hydrogen-bond donors (Lipinski definition) is 0. The van der Waals surface area contributed by atoms with Crippen molar-refractivity contribution in [2.75, 3.05) is 0 Å². The second-order valence-corrected chi connectivity index (χ2v) is 10.4. The van der Waals surface area contributed by atoms with Gasteiger partial charge in [-0.3, -0.25) is 0 Å². The molecule has 0 aromatic heterocycles. The summed E-state index contributed by atoms with van der Waals surface area (Å²) < 4.78 is 19.4. The lowest BCUT2D eigenvalue weighted by atomic mass is 9.82. The van der Waals surface area contributed by atoms with Crippen molar-refractivity contribution in [2.24, 2.45) is 0 Å². The highest BCUT2D eigenvalue weighted by Gasteiger charge is 2.27. The van der Waals surface area contributed by atoms with E-state index in [2.05, 4.69) is 55.5 Å². The maximum Gasteiger partial charge on any atom is 0.340 e. The third kappa shape index (κ3) is 9.09. The maximum atomic E-state index is 13.9. The van der Waals surface area contributed by atoms with Crippen LogP contribution in [-0.4, -0.2) is 18.2 Å². The van der Waals surface area contributed by atoms with Gasteiger partial charge in [0.25, 0.3) is 0 Å². The van der Waals surface area contributed by atoms with Crippen LogP contribution in [0.1, 0.15) is 114 Å². The van der Waals surface area contributed by atoms with E-state index in [4.69, 9.17) is 4.74 Å². The zero-order valence-corrected chi connectivity index (χ0v) is 21.9. The first-order valence-corrected chi connectivity index (χ1v) is 14.1. The molecule has 35 heavy (non-hydrogen) atoms. The van der Waals surface area contributed by atoms with Crippen LogP contribution in [0.5, 0.6) is 0 Å². The first-order valence-electron chi connectivity index (χ1n) is 14.1. The number of aryl methyl sites for hydroxylation is 1. The van der Waals surface area contributed by atoms with Crippen LogP contribution in [0.3, 0.4) is 0 Å². The molecule has 0 bridgehead atoms.